The molecule has 0 aromatic heterocycles. The summed E-state index contributed by atoms with van der Waals surface area (Å²) in [5, 5.41) is 2.58. The predicted molar refractivity (Wildman–Crippen MR) is 119 cm³/mol. The van der Waals surface area contributed by atoms with Crippen LogP contribution < -0.4 is 4.74 Å². The Morgan fingerprint density at radius 3 is 2.77 bits per heavy atom. The molecule has 0 saturated carbocycles. The topological polar surface area (TPSA) is 68.2 Å². The van der Waals surface area contributed by atoms with E-state index in [0.717, 1.165) is 22.8 Å². The van der Waals surface area contributed by atoms with E-state index in [4.69, 9.17) is 14.5 Å². The molecule has 1 unspecified atom stereocenters. The Kier molecular flexibility index (Phi) is 5.81. The van der Waals surface area contributed by atoms with Crippen molar-refractivity contribution < 1.29 is 19.1 Å². The fourth-order valence-corrected chi connectivity index (χ4v) is 4.96. The molecule has 1 saturated heterocycles. The predicted octanol–water partition coefficient (Wildman–Crippen LogP) is 4.45. The average molecular weight is 425 g/mol. The molecule has 0 N–H and O–H groups in total. The lowest BCUT2D eigenvalue weighted by Crippen LogP contribution is -2.40. The molecule has 156 valence electrons. The summed E-state index contributed by atoms with van der Waals surface area (Å²) in [5.74, 6) is 0.421. The number of nitrogens with zero attached hydrogens (tertiary/aromatic N) is 2. The molecular formula is C23H24N2O4S. The summed E-state index contributed by atoms with van der Waals surface area (Å²) < 4.78 is 11.1. The molecule has 0 spiro atoms. The van der Waals surface area contributed by atoms with E-state index < -0.39 is 12.0 Å². The van der Waals surface area contributed by atoms with Crippen LogP contribution in [0.2, 0.25) is 0 Å². The molecule has 2 aromatic carbocycles. The number of thioether (sulfide) groups is 1. The van der Waals surface area contributed by atoms with Gasteiger partial charge in [0.1, 0.15) is 11.8 Å². The number of aliphatic imine (C=N–C) groups is 1. The minimum atomic E-state index is -0.637. The zero-order chi connectivity index (χ0) is 21.3. The van der Waals surface area contributed by atoms with Crippen LogP contribution in [0.5, 0.6) is 5.75 Å². The Hall–Kier alpha value is -2.80. The largest absolute Gasteiger partial charge is 0.496 e. The van der Waals surface area contributed by atoms with Gasteiger partial charge in [0, 0.05) is 5.56 Å². The maximum Gasteiger partial charge on any atom is 0.338 e. The Balaban J connectivity index is 2.04. The number of esters is 1. The highest BCUT2D eigenvalue weighted by Gasteiger charge is 2.45. The van der Waals surface area contributed by atoms with Crippen molar-refractivity contribution in [3.8, 4) is 5.75 Å². The van der Waals surface area contributed by atoms with Gasteiger partial charge in [-0.2, -0.15) is 0 Å². The third kappa shape index (κ3) is 3.37. The lowest BCUT2D eigenvalue weighted by Gasteiger charge is -2.34. The molecule has 2 aliphatic rings. The molecule has 1 fully saturated rings. The Labute approximate surface area is 179 Å². The van der Waals surface area contributed by atoms with Crippen molar-refractivity contribution in [1.29, 1.82) is 0 Å². The van der Waals surface area contributed by atoms with Crippen LogP contribution in [-0.2, 0) is 14.3 Å². The first kappa shape index (κ1) is 20.5. The van der Waals surface area contributed by atoms with Crippen LogP contribution in [0.3, 0.4) is 0 Å². The monoisotopic (exact) mass is 424 g/mol. The van der Waals surface area contributed by atoms with Crippen LogP contribution in [0.15, 0.2) is 52.7 Å². The minimum absolute atomic E-state index is 0.0731. The van der Waals surface area contributed by atoms with E-state index in [0.29, 0.717) is 34.4 Å². The van der Waals surface area contributed by atoms with Crippen molar-refractivity contribution in [3.63, 3.8) is 0 Å². The molecule has 2 aliphatic heterocycles. The molecule has 7 heteroatoms. The van der Waals surface area contributed by atoms with E-state index >= 15 is 0 Å². The highest BCUT2D eigenvalue weighted by molar-refractivity contribution is 8.15. The quantitative estimate of drug-likeness (QED) is 0.641. The van der Waals surface area contributed by atoms with Gasteiger partial charge in [0.05, 0.1) is 30.7 Å². The van der Waals surface area contributed by atoms with Crippen LogP contribution >= 0.6 is 11.8 Å². The normalized spacial score (nSPS) is 18.5. The van der Waals surface area contributed by atoms with Crippen molar-refractivity contribution in [3.05, 3.63) is 53.2 Å². The summed E-state index contributed by atoms with van der Waals surface area (Å²) in [7, 11) is 1.60. The van der Waals surface area contributed by atoms with Gasteiger partial charge in [-0.05, 0) is 30.2 Å². The number of ether oxygens (including phenoxy) is 2. The SMILES string of the molecule is CCCC1=C(C(=O)OCC)C(c2c(OC)ccc3ccccc23)N2C(=O)CSC2=N1. The molecule has 0 aliphatic carbocycles. The second kappa shape index (κ2) is 8.52. The maximum absolute atomic E-state index is 13.2. The standard InChI is InChI=1S/C23H24N2O4S/c1-4-8-16-20(22(27)29-5-2)21(25-18(26)13-30-23(25)24-16)19-15-10-7-6-9-14(15)11-12-17(19)28-3/h6-7,9-12,21H,4-5,8,13H2,1-3H3. The van der Waals surface area contributed by atoms with Crippen molar-refractivity contribution in [2.75, 3.05) is 19.5 Å². The van der Waals surface area contributed by atoms with Crippen LogP contribution in [-0.4, -0.2) is 41.4 Å². The lowest BCUT2D eigenvalue weighted by atomic mass is 9.89. The summed E-state index contributed by atoms with van der Waals surface area (Å²) in [5.41, 5.74) is 1.90. The summed E-state index contributed by atoms with van der Waals surface area (Å²) in [4.78, 5) is 32.4. The van der Waals surface area contributed by atoms with E-state index in [2.05, 4.69) is 0 Å². The van der Waals surface area contributed by atoms with Gasteiger partial charge < -0.3 is 9.47 Å². The number of amides is 1. The van der Waals surface area contributed by atoms with Crippen LogP contribution in [0, 0.1) is 0 Å². The number of amidine groups is 1. The number of hydrogen-bond acceptors (Lipinski definition) is 6. The number of methoxy groups -OCH3 is 1. The number of carbonyl (C=O) groups excluding carboxylic acids is 2. The Morgan fingerprint density at radius 1 is 1.23 bits per heavy atom. The fraction of sp³-hybridized carbons (Fsp3) is 0.348. The first-order valence-corrected chi connectivity index (χ1v) is 11.1. The molecule has 1 atom stereocenters. The first-order chi connectivity index (χ1) is 14.6. The Bertz CT molecular complexity index is 1080. The third-order valence-corrected chi connectivity index (χ3v) is 6.22. The second-order valence-corrected chi connectivity index (χ2v) is 8.03. The van der Waals surface area contributed by atoms with E-state index in [9.17, 15) is 9.59 Å². The minimum Gasteiger partial charge on any atom is -0.496 e. The van der Waals surface area contributed by atoms with Crippen LogP contribution in [0.4, 0.5) is 0 Å². The molecule has 1 amide bonds. The number of rotatable bonds is 6. The number of fused-ring (bicyclic) bond motifs is 2. The smallest absolute Gasteiger partial charge is 0.338 e. The van der Waals surface area contributed by atoms with E-state index in [1.807, 2.05) is 43.3 Å². The highest BCUT2D eigenvalue weighted by Crippen LogP contribution is 2.47. The second-order valence-electron chi connectivity index (χ2n) is 7.08. The van der Waals surface area contributed by atoms with Crippen molar-refractivity contribution in [2.45, 2.75) is 32.7 Å². The molecule has 2 aromatic rings. The van der Waals surface area contributed by atoms with E-state index in [1.54, 1.807) is 18.9 Å². The highest BCUT2D eigenvalue weighted by atomic mass is 32.2. The molecule has 6 nitrogen and oxygen atoms in total. The van der Waals surface area contributed by atoms with Gasteiger partial charge in [-0.1, -0.05) is 55.4 Å². The first-order valence-electron chi connectivity index (χ1n) is 10.1. The lowest BCUT2D eigenvalue weighted by molar-refractivity contribution is -0.139. The van der Waals surface area contributed by atoms with Gasteiger partial charge in [0.25, 0.3) is 0 Å². The summed E-state index contributed by atoms with van der Waals surface area (Å²) >= 11 is 1.41. The van der Waals surface area contributed by atoms with E-state index in [1.165, 1.54) is 11.8 Å². The fourth-order valence-electron chi connectivity index (χ4n) is 4.05. The van der Waals surface area contributed by atoms with Crippen molar-refractivity contribution >= 4 is 39.6 Å². The number of benzene rings is 2. The van der Waals surface area contributed by atoms with Gasteiger partial charge in [-0.15, -0.1) is 0 Å². The van der Waals surface area contributed by atoms with Crippen molar-refractivity contribution in [2.24, 2.45) is 4.99 Å². The summed E-state index contributed by atoms with van der Waals surface area (Å²) in [6.45, 7) is 4.07. The number of hydrogen-bond donors (Lipinski definition) is 0. The van der Waals surface area contributed by atoms with E-state index in [-0.39, 0.29) is 12.5 Å². The maximum atomic E-state index is 13.2. The molecular weight excluding hydrogens is 400 g/mol. The zero-order valence-corrected chi connectivity index (χ0v) is 18.1. The molecule has 30 heavy (non-hydrogen) atoms. The number of carbonyl (C=O) groups is 2. The molecule has 2 heterocycles. The number of allylic oxidation sites excluding steroid dienone is 1. The molecule has 0 bridgehead atoms. The zero-order valence-electron chi connectivity index (χ0n) is 17.3. The summed E-state index contributed by atoms with van der Waals surface area (Å²) in [6.07, 6.45) is 1.46. The van der Waals surface area contributed by atoms with Crippen molar-refractivity contribution in [1.82, 2.24) is 4.90 Å². The Morgan fingerprint density at radius 2 is 2.03 bits per heavy atom. The van der Waals surface area contributed by atoms with Gasteiger partial charge in [-0.25, -0.2) is 9.79 Å². The van der Waals surface area contributed by atoms with Crippen LogP contribution in [0.1, 0.15) is 38.3 Å². The van der Waals surface area contributed by atoms with Crippen LogP contribution in [0.25, 0.3) is 10.8 Å². The van der Waals surface area contributed by atoms with Gasteiger partial charge in [-0.3, -0.25) is 9.69 Å². The third-order valence-electron chi connectivity index (χ3n) is 5.28. The van der Waals surface area contributed by atoms with Gasteiger partial charge in [0.2, 0.25) is 5.91 Å². The van der Waals surface area contributed by atoms with Gasteiger partial charge >= 0.3 is 5.97 Å². The van der Waals surface area contributed by atoms with Gasteiger partial charge in [0.15, 0.2) is 5.17 Å². The molecule has 4 rings (SSSR count). The summed E-state index contributed by atoms with van der Waals surface area (Å²) in [6, 6.07) is 11.2. The average Bonchev–Trinajstić information content (AvgIpc) is 3.12. The molecule has 0 radical (unpaired) electrons.